The SMILES string of the molecule is Brc1cccc(-c2cc3ccccc3c3c2ccc2ccccc23)c1. The van der Waals surface area contributed by atoms with E-state index >= 15 is 0 Å². The van der Waals surface area contributed by atoms with Crippen LogP contribution < -0.4 is 0 Å². The number of hydrogen-bond donors (Lipinski definition) is 0. The van der Waals surface area contributed by atoms with Crippen molar-refractivity contribution in [3.05, 3.63) is 95.5 Å². The Labute approximate surface area is 154 Å². The van der Waals surface area contributed by atoms with Crippen molar-refractivity contribution in [1.29, 1.82) is 0 Å². The van der Waals surface area contributed by atoms with Gasteiger partial charge in [-0.05, 0) is 61.6 Å². The minimum atomic E-state index is 1.10. The number of benzene rings is 5. The van der Waals surface area contributed by atoms with Crippen molar-refractivity contribution in [3.63, 3.8) is 0 Å². The maximum atomic E-state index is 3.61. The standard InChI is InChI=1S/C24H15Br/c25-19-9-5-8-17(14-19)23-15-18-7-2-4-11-21(18)24-20-10-3-1-6-16(20)12-13-22(23)24/h1-15H. The van der Waals surface area contributed by atoms with Crippen molar-refractivity contribution >= 4 is 48.2 Å². The molecule has 0 aliphatic rings. The molecule has 0 atom stereocenters. The van der Waals surface area contributed by atoms with E-state index in [1.807, 2.05) is 0 Å². The highest BCUT2D eigenvalue weighted by Gasteiger charge is 2.11. The number of rotatable bonds is 1. The Morgan fingerprint density at radius 1 is 0.520 bits per heavy atom. The Balaban J connectivity index is 2.03. The first-order chi connectivity index (χ1) is 12.3. The molecule has 118 valence electrons. The second kappa shape index (κ2) is 5.72. The molecule has 0 aliphatic heterocycles. The summed E-state index contributed by atoms with van der Waals surface area (Å²) in [4.78, 5) is 0. The molecule has 0 radical (unpaired) electrons. The highest BCUT2D eigenvalue weighted by Crippen LogP contribution is 2.39. The molecule has 0 bridgehead atoms. The highest BCUT2D eigenvalue weighted by atomic mass is 79.9. The average molecular weight is 383 g/mol. The summed E-state index contributed by atoms with van der Waals surface area (Å²) in [5, 5.41) is 7.83. The Morgan fingerprint density at radius 2 is 1.24 bits per heavy atom. The molecule has 0 fully saturated rings. The van der Waals surface area contributed by atoms with Crippen molar-refractivity contribution in [2.75, 3.05) is 0 Å². The smallest absolute Gasteiger partial charge is 0.0181 e. The van der Waals surface area contributed by atoms with E-state index in [0.29, 0.717) is 0 Å². The van der Waals surface area contributed by atoms with Crippen molar-refractivity contribution in [2.24, 2.45) is 0 Å². The van der Waals surface area contributed by atoms with E-state index in [1.165, 1.54) is 43.4 Å². The second-order valence-corrected chi connectivity index (χ2v) is 7.28. The molecule has 0 aliphatic carbocycles. The van der Waals surface area contributed by atoms with Gasteiger partial charge in [-0.1, -0.05) is 88.7 Å². The van der Waals surface area contributed by atoms with Gasteiger partial charge in [0, 0.05) is 4.47 Å². The quantitative estimate of drug-likeness (QED) is 0.262. The third-order valence-electron chi connectivity index (χ3n) is 4.88. The maximum Gasteiger partial charge on any atom is 0.0181 e. The first-order valence-electron chi connectivity index (χ1n) is 8.40. The van der Waals surface area contributed by atoms with E-state index in [4.69, 9.17) is 0 Å². The largest absolute Gasteiger partial charge is 0.0616 e. The molecule has 25 heavy (non-hydrogen) atoms. The van der Waals surface area contributed by atoms with Gasteiger partial charge < -0.3 is 0 Å². The predicted octanol–water partition coefficient (Wildman–Crippen LogP) is 7.58. The van der Waals surface area contributed by atoms with Crippen LogP contribution in [0.15, 0.2) is 95.5 Å². The summed E-state index contributed by atoms with van der Waals surface area (Å²) in [5.74, 6) is 0. The van der Waals surface area contributed by atoms with Gasteiger partial charge in [0.15, 0.2) is 0 Å². The molecule has 0 aromatic heterocycles. The monoisotopic (exact) mass is 382 g/mol. The zero-order valence-electron chi connectivity index (χ0n) is 13.5. The summed E-state index contributed by atoms with van der Waals surface area (Å²) >= 11 is 3.61. The lowest BCUT2D eigenvalue weighted by Crippen LogP contribution is -1.86. The molecule has 5 aromatic rings. The van der Waals surface area contributed by atoms with Crippen LogP contribution in [0.25, 0.3) is 43.4 Å². The lowest BCUT2D eigenvalue weighted by atomic mass is 9.90. The summed E-state index contributed by atoms with van der Waals surface area (Å²) in [7, 11) is 0. The lowest BCUT2D eigenvalue weighted by molar-refractivity contribution is 1.63. The van der Waals surface area contributed by atoms with Crippen molar-refractivity contribution in [2.45, 2.75) is 0 Å². The Hall–Kier alpha value is -2.64. The van der Waals surface area contributed by atoms with Crippen LogP contribution in [0.4, 0.5) is 0 Å². The molecule has 0 N–H and O–H groups in total. The van der Waals surface area contributed by atoms with E-state index < -0.39 is 0 Å². The minimum Gasteiger partial charge on any atom is -0.0616 e. The predicted molar refractivity (Wildman–Crippen MR) is 112 cm³/mol. The number of hydrogen-bond acceptors (Lipinski definition) is 0. The zero-order valence-corrected chi connectivity index (χ0v) is 15.1. The molecule has 0 heterocycles. The third-order valence-corrected chi connectivity index (χ3v) is 5.38. The fraction of sp³-hybridized carbons (Fsp3) is 0. The lowest BCUT2D eigenvalue weighted by Gasteiger charge is -2.13. The second-order valence-electron chi connectivity index (χ2n) is 6.36. The van der Waals surface area contributed by atoms with Crippen LogP contribution in [0.1, 0.15) is 0 Å². The van der Waals surface area contributed by atoms with Crippen molar-refractivity contribution in [1.82, 2.24) is 0 Å². The molecule has 5 rings (SSSR count). The van der Waals surface area contributed by atoms with Gasteiger partial charge in [-0.15, -0.1) is 0 Å². The molecular weight excluding hydrogens is 368 g/mol. The van der Waals surface area contributed by atoms with Gasteiger partial charge in [0.1, 0.15) is 0 Å². The summed E-state index contributed by atoms with van der Waals surface area (Å²) in [6.07, 6.45) is 0. The molecule has 5 aromatic carbocycles. The fourth-order valence-corrected chi connectivity index (χ4v) is 4.16. The van der Waals surface area contributed by atoms with Crippen LogP contribution in [-0.2, 0) is 0 Å². The summed E-state index contributed by atoms with van der Waals surface area (Å²) < 4.78 is 1.10. The van der Waals surface area contributed by atoms with Crippen LogP contribution >= 0.6 is 15.9 Å². The Bertz CT molecular complexity index is 1240. The first kappa shape index (κ1) is 14.7. The molecule has 0 unspecified atom stereocenters. The van der Waals surface area contributed by atoms with Gasteiger partial charge in [-0.25, -0.2) is 0 Å². The van der Waals surface area contributed by atoms with Gasteiger partial charge in [0.2, 0.25) is 0 Å². The average Bonchev–Trinajstić information content (AvgIpc) is 2.67. The molecule has 0 saturated heterocycles. The number of halogens is 1. The van der Waals surface area contributed by atoms with Crippen molar-refractivity contribution < 1.29 is 0 Å². The van der Waals surface area contributed by atoms with Crippen molar-refractivity contribution in [3.8, 4) is 11.1 Å². The molecule has 0 saturated carbocycles. The topological polar surface area (TPSA) is 0 Å². The molecule has 0 nitrogen and oxygen atoms in total. The maximum absolute atomic E-state index is 3.61. The summed E-state index contributed by atoms with van der Waals surface area (Å²) in [5.41, 5.74) is 2.51. The van der Waals surface area contributed by atoms with Crippen LogP contribution in [-0.4, -0.2) is 0 Å². The van der Waals surface area contributed by atoms with Crippen LogP contribution in [0.3, 0.4) is 0 Å². The molecule has 0 spiro atoms. The number of fused-ring (bicyclic) bond motifs is 5. The minimum absolute atomic E-state index is 1.10. The van der Waals surface area contributed by atoms with E-state index in [1.54, 1.807) is 0 Å². The molecule has 1 heteroatoms. The van der Waals surface area contributed by atoms with Gasteiger partial charge >= 0.3 is 0 Å². The summed E-state index contributed by atoms with van der Waals surface area (Å²) in [6.45, 7) is 0. The van der Waals surface area contributed by atoms with Gasteiger partial charge in [0.05, 0.1) is 0 Å². The van der Waals surface area contributed by atoms with Gasteiger partial charge in [-0.3, -0.25) is 0 Å². The third kappa shape index (κ3) is 2.35. The zero-order chi connectivity index (χ0) is 16.8. The first-order valence-corrected chi connectivity index (χ1v) is 9.20. The molecular formula is C24H15Br. The Kier molecular flexibility index (Phi) is 3.36. The summed E-state index contributed by atoms with van der Waals surface area (Å²) in [6, 6.07) is 32.7. The van der Waals surface area contributed by atoms with Crippen LogP contribution in [0, 0.1) is 0 Å². The van der Waals surface area contributed by atoms with E-state index in [9.17, 15) is 0 Å². The van der Waals surface area contributed by atoms with E-state index in [-0.39, 0.29) is 0 Å². The fourth-order valence-electron chi connectivity index (χ4n) is 3.76. The van der Waals surface area contributed by atoms with Gasteiger partial charge in [0.25, 0.3) is 0 Å². The normalized spacial score (nSPS) is 11.4. The van der Waals surface area contributed by atoms with Crippen LogP contribution in [0.2, 0.25) is 0 Å². The van der Waals surface area contributed by atoms with Gasteiger partial charge in [-0.2, -0.15) is 0 Å². The molecule has 0 amide bonds. The highest BCUT2D eigenvalue weighted by molar-refractivity contribution is 9.10. The Morgan fingerprint density at radius 3 is 2.04 bits per heavy atom. The van der Waals surface area contributed by atoms with Crippen LogP contribution in [0.5, 0.6) is 0 Å². The van der Waals surface area contributed by atoms with E-state index in [0.717, 1.165) is 4.47 Å². The van der Waals surface area contributed by atoms with E-state index in [2.05, 4.69) is 107 Å².